The lowest BCUT2D eigenvalue weighted by molar-refractivity contribution is 0.0917. The van der Waals surface area contributed by atoms with E-state index in [9.17, 15) is 13.2 Å². The molecule has 2 heterocycles. The zero-order valence-corrected chi connectivity index (χ0v) is 23.9. The van der Waals surface area contributed by atoms with Gasteiger partial charge in [-0.1, -0.05) is 41.1 Å². The third kappa shape index (κ3) is 5.47. The van der Waals surface area contributed by atoms with E-state index in [1.165, 1.54) is 39.9 Å². The SMILES string of the molecule is CCN(c1ccccc1)S(=O)(=O)c1ccc(C(=O)N(CC2CCCO2)c2nc3c(OC)ccc(Cl)c3s2)cc1. The maximum atomic E-state index is 13.8. The number of nitrogens with zero attached hydrogens (tertiary/aromatic N) is 3. The summed E-state index contributed by atoms with van der Waals surface area (Å²) in [6.07, 6.45) is 1.64. The Morgan fingerprint density at radius 2 is 1.87 bits per heavy atom. The summed E-state index contributed by atoms with van der Waals surface area (Å²) in [5, 5.41) is 0.988. The summed E-state index contributed by atoms with van der Waals surface area (Å²) in [6, 6.07) is 18.4. The number of rotatable bonds is 9. The van der Waals surface area contributed by atoms with Gasteiger partial charge in [-0.15, -0.1) is 0 Å². The number of aromatic nitrogens is 1. The molecule has 0 bridgehead atoms. The number of halogens is 1. The van der Waals surface area contributed by atoms with Crippen LogP contribution in [0.25, 0.3) is 10.2 Å². The van der Waals surface area contributed by atoms with E-state index in [0.29, 0.717) is 45.8 Å². The minimum Gasteiger partial charge on any atom is -0.494 e. The number of amides is 1. The molecule has 11 heteroatoms. The minimum atomic E-state index is -3.82. The molecule has 0 spiro atoms. The summed E-state index contributed by atoms with van der Waals surface area (Å²) in [5.41, 5.74) is 1.50. The zero-order chi connectivity index (χ0) is 27.6. The molecule has 1 unspecified atom stereocenters. The van der Waals surface area contributed by atoms with E-state index < -0.39 is 10.0 Å². The third-order valence-corrected chi connectivity index (χ3v) is 10.0. The predicted molar refractivity (Wildman–Crippen MR) is 155 cm³/mol. The third-order valence-electron chi connectivity index (χ3n) is 6.57. The summed E-state index contributed by atoms with van der Waals surface area (Å²) in [5.74, 6) is 0.258. The number of fused-ring (bicyclic) bond motifs is 1. The van der Waals surface area contributed by atoms with E-state index in [-0.39, 0.29) is 23.5 Å². The van der Waals surface area contributed by atoms with Crippen LogP contribution in [0, 0.1) is 0 Å². The fourth-order valence-corrected chi connectivity index (χ4v) is 7.34. The first-order valence-corrected chi connectivity index (χ1v) is 15.2. The Kier molecular flexibility index (Phi) is 8.08. The lowest BCUT2D eigenvalue weighted by atomic mass is 10.2. The second kappa shape index (κ2) is 11.5. The van der Waals surface area contributed by atoms with Crippen LogP contribution >= 0.6 is 22.9 Å². The molecule has 0 radical (unpaired) electrons. The van der Waals surface area contributed by atoms with Gasteiger partial charge < -0.3 is 9.47 Å². The number of carbonyl (C=O) groups excluding carboxylic acids is 1. The fourth-order valence-electron chi connectivity index (χ4n) is 4.60. The molecule has 4 aromatic rings. The molecule has 1 aliphatic heterocycles. The first-order valence-electron chi connectivity index (χ1n) is 12.6. The van der Waals surface area contributed by atoms with Gasteiger partial charge in [-0.25, -0.2) is 13.4 Å². The Balaban J connectivity index is 1.48. The number of methoxy groups -OCH3 is 1. The van der Waals surface area contributed by atoms with Gasteiger partial charge in [0, 0.05) is 18.7 Å². The first kappa shape index (κ1) is 27.4. The molecule has 204 valence electrons. The smallest absolute Gasteiger partial charge is 0.264 e. The van der Waals surface area contributed by atoms with Crippen LogP contribution in [0.5, 0.6) is 5.75 Å². The van der Waals surface area contributed by atoms with E-state index >= 15 is 0 Å². The molecule has 0 N–H and O–H groups in total. The summed E-state index contributed by atoms with van der Waals surface area (Å²) in [4.78, 5) is 20.2. The molecule has 1 aliphatic rings. The van der Waals surface area contributed by atoms with Crippen molar-refractivity contribution >= 4 is 59.9 Å². The average molecular weight is 586 g/mol. The number of benzene rings is 3. The summed E-state index contributed by atoms with van der Waals surface area (Å²) >= 11 is 7.74. The number of carbonyl (C=O) groups is 1. The largest absolute Gasteiger partial charge is 0.494 e. The van der Waals surface area contributed by atoms with Crippen molar-refractivity contribution in [2.45, 2.75) is 30.8 Å². The predicted octanol–water partition coefficient (Wildman–Crippen LogP) is 6.00. The number of thiazole rings is 1. The van der Waals surface area contributed by atoms with E-state index in [0.717, 1.165) is 17.5 Å². The molecule has 0 aliphatic carbocycles. The highest BCUT2D eigenvalue weighted by Gasteiger charge is 2.29. The Morgan fingerprint density at radius 1 is 1.13 bits per heavy atom. The summed E-state index contributed by atoms with van der Waals surface area (Å²) in [7, 11) is -2.26. The molecule has 3 aromatic carbocycles. The number of hydrogen-bond donors (Lipinski definition) is 0. The first-order chi connectivity index (χ1) is 18.8. The van der Waals surface area contributed by atoms with Gasteiger partial charge >= 0.3 is 0 Å². The lowest BCUT2D eigenvalue weighted by Crippen LogP contribution is -2.37. The average Bonchev–Trinajstić information content (AvgIpc) is 3.63. The molecule has 1 amide bonds. The second-order valence-electron chi connectivity index (χ2n) is 9.00. The van der Waals surface area contributed by atoms with Crippen LogP contribution in [0.2, 0.25) is 5.02 Å². The molecule has 1 aromatic heterocycles. The molecule has 1 saturated heterocycles. The summed E-state index contributed by atoms with van der Waals surface area (Å²) < 4.78 is 40.1. The van der Waals surface area contributed by atoms with Crippen molar-refractivity contribution in [1.82, 2.24) is 4.98 Å². The van der Waals surface area contributed by atoms with Gasteiger partial charge in [0.15, 0.2) is 5.13 Å². The van der Waals surface area contributed by atoms with Gasteiger partial charge in [-0.2, -0.15) is 0 Å². The number of anilines is 2. The van der Waals surface area contributed by atoms with Crippen molar-refractivity contribution in [1.29, 1.82) is 0 Å². The Morgan fingerprint density at radius 3 is 2.51 bits per heavy atom. The number of sulfonamides is 1. The Bertz CT molecular complexity index is 1570. The number of para-hydroxylation sites is 1. The second-order valence-corrected chi connectivity index (χ2v) is 12.3. The van der Waals surface area contributed by atoms with Gasteiger partial charge in [-0.05, 0) is 68.3 Å². The maximum absolute atomic E-state index is 13.8. The van der Waals surface area contributed by atoms with E-state index in [4.69, 9.17) is 26.1 Å². The topological polar surface area (TPSA) is 89.0 Å². The minimum absolute atomic E-state index is 0.104. The monoisotopic (exact) mass is 585 g/mol. The highest BCUT2D eigenvalue weighted by molar-refractivity contribution is 7.92. The van der Waals surface area contributed by atoms with Gasteiger partial charge in [0.05, 0.1) is 40.1 Å². The molecule has 8 nitrogen and oxygen atoms in total. The van der Waals surface area contributed by atoms with Gasteiger partial charge in [0.1, 0.15) is 11.3 Å². The van der Waals surface area contributed by atoms with Gasteiger partial charge in [0.2, 0.25) is 0 Å². The van der Waals surface area contributed by atoms with Crippen LogP contribution in [0.4, 0.5) is 10.8 Å². The van der Waals surface area contributed by atoms with E-state index in [2.05, 4.69) is 0 Å². The standard InChI is InChI=1S/C28H28ClN3O5S2/c1-3-32(20-8-5-4-6-9-20)39(34,35)22-13-11-19(12-14-22)27(33)31(18-21-10-7-17-37-21)28-30-25-24(36-2)16-15-23(29)26(25)38-28/h4-6,8-9,11-16,21H,3,7,10,17-18H2,1-2H3. The highest BCUT2D eigenvalue weighted by atomic mass is 35.5. The van der Waals surface area contributed by atoms with Crippen molar-refractivity contribution in [3.63, 3.8) is 0 Å². The molecule has 0 saturated carbocycles. The normalized spacial score (nSPS) is 15.4. The molecule has 39 heavy (non-hydrogen) atoms. The quantitative estimate of drug-likeness (QED) is 0.239. The lowest BCUT2D eigenvalue weighted by Gasteiger charge is -2.24. The molecular formula is C28H28ClN3O5S2. The number of ether oxygens (including phenoxy) is 2. The molecule has 1 fully saturated rings. The van der Waals surface area contributed by atoms with Crippen molar-refractivity contribution in [2.75, 3.05) is 36.0 Å². The van der Waals surface area contributed by atoms with Gasteiger partial charge in [0.25, 0.3) is 15.9 Å². The van der Waals surface area contributed by atoms with Crippen LogP contribution in [0.15, 0.2) is 71.6 Å². The van der Waals surface area contributed by atoms with Crippen molar-refractivity contribution in [3.8, 4) is 5.75 Å². The molecule has 5 rings (SSSR count). The van der Waals surface area contributed by atoms with Crippen molar-refractivity contribution in [2.24, 2.45) is 0 Å². The fraction of sp³-hybridized carbons (Fsp3) is 0.286. The van der Waals surface area contributed by atoms with Crippen LogP contribution in [-0.2, 0) is 14.8 Å². The van der Waals surface area contributed by atoms with E-state index in [1.54, 1.807) is 55.3 Å². The number of hydrogen-bond acceptors (Lipinski definition) is 7. The Hall–Kier alpha value is -3.18. The van der Waals surface area contributed by atoms with Crippen LogP contribution in [0.1, 0.15) is 30.1 Å². The highest BCUT2D eigenvalue weighted by Crippen LogP contribution is 2.39. The van der Waals surface area contributed by atoms with Gasteiger partial charge in [-0.3, -0.25) is 14.0 Å². The van der Waals surface area contributed by atoms with Crippen molar-refractivity contribution in [3.05, 3.63) is 77.3 Å². The maximum Gasteiger partial charge on any atom is 0.264 e. The van der Waals surface area contributed by atoms with Crippen LogP contribution in [0.3, 0.4) is 0 Å². The van der Waals surface area contributed by atoms with E-state index in [1.807, 2.05) is 6.07 Å². The van der Waals surface area contributed by atoms with Crippen LogP contribution in [-0.4, -0.2) is 52.2 Å². The molecule has 1 atom stereocenters. The zero-order valence-electron chi connectivity index (χ0n) is 21.5. The Labute approximate surface area is 236 Å². The summed E-state index contributed by atoms with van der Waals surface area (Å²) in [6.45, 7) is 3.01. The van der Waals surface area contributed by atoms with Crippen molar-refractivity contribution < 1.29 is 22.7 Å². The van der Waals surface area contributed by atoms with Crippen LogP contribution < -0.4 is 13.9 Å². The molecular weight excluding hydrogens is 558 g/mol.